The van der Waals surface area contributed by atoms with E-state index in [4.69, 9.17) is 15.7 Å². The van der Waals surface area contributed by atoms with Crippen molar-refractivity contribution in [2.45, 2.75) is 0 Å². The Morgan fingerprint density at radius 3 is 1.16 bits per heavy atom. The Balaban J connectivity index is 0.000000140. The average Bonchev–Trinajstić information content (AvgIpc) is 1.25. The van der Waals surface area contributed by atoms with Gasteiger partial charge in [0.2, 0.25) is 0 Å². The van der Waals surface area contributed by atoms with E-state index < -0.39 is 66.5 Å². The van der Waals surface area contributed by atoms with E-state index in [1.54, 1.807) is 0 Å². The summed E-state index contributed by atoms with van der Waals surface area (Å²) >= 11 is 0. The van der Waals surface area contributed by atoms with Gasteiger partial charge in [0.25, 0.3) is 0 Å². The number of para-hydroxylation sites is 2. The zero-order valence-electron chi connectivity index (χ0n) is 74.7. The maximum atomic E-state index is 10.4. The second-order valence-corrected chi connectivity index (χ2v) is 30.0. The van der Waals surface area contributed by atoms with E-state index in [0.717, 1.165) is 169 Å². The molecule has 2 aromatic heterocycles. The van der Waals surface area contributed by atoms with Gasteiger partial charge >= 0.3 is 0 Å². The quantitative estimate of drug-likeness (QED) is 0.142. The first kappa shape index (κ1) is 50.7. The molecule has 0 spiro atoms. The molecule has 0 unspecified atom stereocenters. The molecule has 2 heterocycles. The minimum Gasteiger partial charge on any atom is -0.456 e. The Morgan fingerprint density at radius 2 is 0.561 bits per heavy atom. The third kappa shape index (κ3) is 9.49. The smallest absolute Gasteiger partial charge is 0.135 e. The first-order valence-electron chi connectivity index (χ1n) is 45.3. The molecule has 26 rings (SSSR count). The van der Waals surface area contributed by atoms with Crippen molar-refractivity contribution < 1.29 is 28.0 Å². The predicted octanol–water partition coefficient (Wildman–Crippen LogP) is 32.1. The maximum Gasteiger partial charge on any atom is 0.135 e. The number of furan rings is 2. The molecule has 524 valence electrons. The van der Waals surface area contributed by atoms with Gasteiger partial charge in [-0.3, -0.25) is 0 Å². The lowest BCUT2D eigenvalue weighted by molar-refractivity contribution is 0.668. The van der Waals surface area contributed by atoms with Crippen LogP contribution in [0.3, 0.4) is 0 Å². The molecular formula is C112H64O2. The van der Waals surface area contributed by atoms with Crippen LogP contribution in [0.1, 0.15) is 19.2 Å². The van der Waals surface area contributed by atoms with Gasteiger partial charge in [0.15, 0.2) is 0 Å². The van der Waals surface area contributed by atoms with Crippen LogP contribution in [-0.4, -0.2) is 0 Å². The monoisotopic (exact) mass is 1450 g/mol. The van der Waals surface area contributed by atoms with E-state index in [1.165, 1.54) is 26.9 Å². The summed E-state index contributed by atoms with van der Waals surface area (Å²) in [5, 5.41) is 28.4. The van der Waals surface area contributed by atoms with Gasteiger partial charge in [-0.2, -0.15) is 0 Å². The van der Waals surface area contributed by atoms with Crippen molar-refractivity contribution in [2.75, 3.05) is 0 Å². The van der Waals surface area contributed by atoms with E-state index in [1.807, 2.05) is 60.7 Å². The van der Waals surface area contributed by atoms with E-state index in [-0.39, 0.29) is 56.8 Å². The fourth-order valence-electron chi connectivity index (χ4n) is 18.8. The van der Waals surface area contributed by atoms with Crippen molar-refractivity contribution >= 4 is 173 Å². The number of benzene rings is 24. The zero-order valence-corrected chi connectivity index (χ0v) is 60.7. The summed E-state index contributed by atoms with van der Waals surface area (Å²) in [4.78, 5) is 0. The molecule has 2 nitrogen and oxygen atoms in total. The van der Waals surface area contributed by atoms with Gasteiger partial charge in [-0.1, -0.05) is 327 Å². The molecule has 0 atom stereocenters. The summed E-state index contributed by atoms with van der Waals surface area (Å²) in [5.74, 6) is 0. The molecule has 114 heavy (non-hydrogen) atoms. The first-order valence-corrected chi connectivity index (χ1v) is 38.3. The van der Waals surface area contributed by atoms with Crippen LogP contribution in [0.2, 0.25) is 0 Å². The Morgan fingerprint density at radius 1 is 0.158 bits per heavy atom. The summed E-state index contributed by atoms with van der Waals surface area (Å²) in [5.41, 5.74) is 10.3. The highest BCUT2D eigenvalue weighted by Gasteiger charge is 2.23. The molecule has 26 aromatic rings. The minimum absolute atomic E-state index is 0.00646. The second kappa shape index (κ2) is 24.3. The fourth-order valence-corrected chi connectivity index (χ4v) is 18.8. The first-order chi connectivity index (χ1) is 62.3. The largest absolute Gasteiger partial charge is 0.456 e. The fraction of sp³-hybridized carbons (Fsp3) is 0. The normalized spacial score (nSPS) is 13.9. The summed E-state index contributed by atoms with van der Waals surface area (Å²) in [7, 11) is 0. The molecule has 0 amide bonds. The Bertz CT molecular complexity index is 9350. The van der Waals surface area contributed by atoms with Crippen LogP contribution in [0.25, 0.3) is 262 Å². The van der Waals surface area contributed by atoms with Crippen LogP contribution in [-0.2, 0) is 0 Å². The topological polar surface area (TPSA) is 26.3 Å². The molecular weight excluding hydrogens is 1380 g/mol. The lowest BCUT2D eigenvalue weighted by Crippen LogP contribution is -1.92. The van der Waals surface area contributed by atoms with Gasteiger partial charge in [0.05, 0.1) is 19.2 Å². The van der Waals surface area contributed by atoms with Gasteiger partial charge in [0.1, 0.15) is 22.3 Å². The third-order valence-electron chi connectivity index (χ3n) is 24.0. The van der Waals surface area contributed by atoms with Gasteiger partial charge < -0.3 is 8.83 Å². The third-order valence-corrected chi connectivity index (χ3v) is 24.0. The second-order valence-electron chi connectivity index (χ2n) is 30.0. The van der Waals surface area contributed by atoms with Crippen molar-refractivity contribution in [2.24, 2.45) is 0 Å². The van der Waals surface area contributed by atoms with Gasteiger partial charge in [-0.15, -0.1) is 0 Å². The number of rotatable bonds is 8. The number of hydrogen-bond acceptors (Lipinski definition) is 2. The van der Waals surface area contributed by atoms with Crippen molar-refractivity contribution in [3.63, 3.8) is 0 Å². The van der Waals surface area contributed by atoms with Crippen LogP contribution in [0.4, 0.5) is 0 Å². The molecule has 0 saturated heterocycles. The van der Waals surface area contributed by atoms with Crippen molar-refractivity contribution in [1.29, 1.82) is 0 Å². The van der Waals surface area contributed by atoms with E-state index in [2.05, 4.69) is 243 Å². The highest BCUT2D eigenvalue weighted by Crippen LogP contribution is 2.50. The molecule has 0 aliphatic carbocycles. The maximum absolute atomic E-state index is 10.4. The van der Waals surface area contributed by atoms with Crippen molar-refractivity contribution in [3.05, 3.63) is 388 Å². The van der Waals surface area contributed by atoms with Crippen LogP contribution in [0, 0.1) is 0 Å². The van der Waals surface area contributed by atoms with E-state index in [9.17, 15) is 12.3 Å². The summed E-state index contributed by atoms with van der Waals surface area (Å²) in [6.45, 7) is 0. The SMILES string of the molecule is [2H]c1c([2H])c(-c2ccc(-c3ccc4ccc5cccc6ccc3c4c56)cc2-c2ccc3ccc4cccc5ccc2c3c45)c([2H])c(-c2c([2H])c([2H])c3oc4c([2H])c([2H])c([2H])c([2H])c4c3c2[2H])c1[2H].[2H]c1c([2H])c(-c2cccc(-c3ccc4oc5ccccc5c4c3)c2)c(-c2ccc3ccc4cccc5ccc2c3c45)c([2H])c1-c1ccc2ccc3cccc4ccc1c2c34. The highest BCUT2D eigenvalue weighted by atomic mass is 16.3. The van der Waals surface area contributed by atoms with Crippen LogP contribution in [0.5, 0.6) is 0 Å². The Labute approximate surface area is 674 Å². The van der Waals surface area contributed by atoms with Crippen LogP contribution in [0.15, 0.2) is 397 Å². The Hall–Kier alpha value is -15.0. The van der Waals surface area contributed by atoms with Gasteiger partial charge in [-0.05, 0) is 279 Å². The van der Waals surface area contributed by atoms with Crippen molar-refractivity contribution in [1.82, 2.24) is 0 Å². The summed E-state index contributed by atoms with van der Waals surface area (Å²) < 4.78 is 142. The summed E-state index contributed by atoms with van der Waals surface area (Å²) in [6, 6.07) is 99.6. The van der Waals surface area contributed by atoms with E-state index >= 15 is 0 Å². The minimum atomic E-state index is -0.589. The molecule has 0 bridgehead atoms. The molecule has 24 aromatic carbocycles. The molecule has 0 aliphatic heterocycles. The van der Waals surface area contributed by atoms with Crippen molar-refractivity contribution in [3.8, 4) is 89.0 Å². The molecule has 0 fully saturated rings. The highest BCUT2D eigenvalue weighted by molar-refractivity contribution is 6.30. The predicted molar refractivity (Wildman–Crippen MR) is 486 cm³/mol. The van der Waals surface area contributed by atoms with Crippen LogP contribution >= 0.6 is 0 Å². The lowest BCUT2D eigenvalue weighted by Gasteiger charge is -2.19. The molecule has 0 aliphatic rings. The molecule has 2 heteroatoms. The number of fused-ring (bicyclic) bond motifs is 6. The Kier molecular flexibility index (Phi) is 10.8. The standard InChI is InChI=1S/2C56H32O/c2*1-2-13-51-46(12-1)50-31-40(23-29-52(50)57-51)39-10-5-11-41(30-39)44-25-22-42(43-24-18-37-16-14-33-6-3-8-35-20-27-47(43)55(37)53(33)35)32-49(44)45-26-19-38-17-15-34-7-4-9-36-21-28-48(45)56(38)54(34)36/h2*1-32H/i1D,2D,5D,10D,11D,12D,13D,23D,29D,30D,31D;22D,25D,32D. The molecule has 0 N–H and O–H groups in total. The van der Waals surface area contributed by atoms with Gasteiger partial charge in [0, 0.05) is 21.5 Å². The van der Waals surface area contributed by atoms with E-state index in [0.29, 0.717) is 27.8 Å². The lowest BCUT2D eigenvalue weighted by atomic mass is 9.84. The summed E-state index contributed by atoms with van der Waals surface area (Å²) in [6.07, 6.45) is 0. The molecule has 0 saturated carbocycles. The van der Waals surface area contributed by atoms with Gasteiger partial charge in [-0.25, -0.2) is 0 Å². The molecule has 0 radical (unpaired) electrons. The number of hydrogen-bond donors (Lipinski definition) is 0. The zero-order chi connectivity index (χ0) is 86.6. The van der Waals surface area contributed by atoms with Crippen LogP contribution < -0.4 is 0 Å². The average molecular weight is 1460 g/mol.